The number of carbonyl (C=O) groups excluding carboxylic acids is 1. The minimum absolute atomic E-state index is 0.0192. The number of halogens is 1. The van der Waals surface area contributed by atoms with Crippen LogP contribution in [0.2, 0.25) is 0 Å². The summed E-state index contributed by atoms with van der Waals surface area (Å²) in [6, 6.07) is 18.5. The average molecular weight is 407 g/mol. The van der Waals surface area contributed by atoms with Crippen molar-refractivity contribution in [3.8, 4) is 5.75 Å². The highest BCUT2D eigenvalue weighted by Gasteiger charge is 2.31. The molecule has 6 heteroatoms. The van der Waals surface area contributed by atoms with E-state index in [2.05, 4.69) is 22.3 Å². The summed E-state index contributed by atoms with van der Waals surface area (Å²) < 4.78 is 19.2. The Labute approximate surface area is 175 Å². The fourth-order valence-electron chi connectivity index (χ4n) is 3.92. The number of hydrogen-bond acceptors (Lipinski definition) is 3. The summed E-state index contributed by atoms with van der Waals surface area (Å²) >= 11 is 0. The van der Waals surface area contributed by atoms with E-state index in [9.17, 15) is 9.18 Å². The van der Waals surface area contributed by atoms with Gasteiger partial charge in [0, 0.05) is 25.1 Å². The molecule has 1 N–H and O–H groups in total. The molecule has 0 aliphatic carbocycles. The van der Waals surface area contributed by atoms with Crippen LogP contribution in [0.1, 0.15) is 42.3 Å². The number of rotatable bonds is 8. The van der Waals surface area contributed by atoms with E-state index in [0.29, 0.717) is 19.4 Å². The smallest absolute Gasteiger partial charge is 0.223 e. The number of nitrogens with one attached hydrogen (secondary N) is 1. The second kappa shape index (κ2) is 9.57. The van der Waals surface area contributed by atoms with E-state index in [0.717, 1.165) is 37.2 Å². The SMILES string of the molecule is O=C(CCc1ccccc1)N1CCCC1c1cc(CCOc2ccccc2F)[nH]n1. The molecule has 2 aromatic carbocycles. The van der Waals surface area contributed by atoms with E-state index in [1.807, 2.05) is 29.2 Å². The first-order valence-electron chi connectivity index (χ1n) is 10.5. The van der Waals surface area contributed by atoms with Gasteiger partial charge in [0.15, 0.2) is 11.6 Å². The molecule has 0 radical (unpaired) electrons. The van der Waals surface area contributed by atoms with E-state index < -0.39 is 0 Å². The Morgan fingerprint density at radius 1 is 1.13 bits per heavy atom. The molecule has 1 aliphatic rings. The minimum Gasteiger partial charge on any atom is -0.490 e. The Balaban J connectivity index is 1.31. The van der Waals surface area contributed by atoms with Gasteiger partial charge in [0.2, 0.25) is 5.91 Å². The molecule has 1 amide bonds. The number of likely N-dealkylation sites (tertiary alicyclic amines) is 1. The van der Waals surface area contributed by atoms with Crippen LogP contribution in [-0.4, -0.2) is 34.2 Å². The van der Waals surface area contributed by atoms with E-state index in [1.54, 1.807) is 18.2 Å². The van der Waals surface area contributed by atoms with Gasteiger partial charge in [-0.3, -0.25) is 9.89 Å². The molecule has 0 bridgehead atoms. The van der Waals surface area contributed by atoms with Crippen LogP contribution >= 0.6 is 0 Å². The van der Waals surface area contributed by atoms with Crippen LogP contribution in [0.25, 0.3) is 0 Å². The molecule has 1 aromatic heterocycles. The fraction of sp³-hybridized carbons (Fsp3) is 0.333. The van der Waals surface area contributed by atoms with Gasteiger partial charge < -0.3 is 9.64 Å². The van der Waals surface area contributed by atoms with E-state index >= 15 is 0 Å². The lowest BCUT2D eigenvalue weighted by molar-refractivity contribution is -0.132. The highest BCUT2D eigenvalue weighted by Crippen LogP contribution is 2.32. The van der Waals surface area contributed by atoms with Crippen molar-refractivity contribution in [3.63, 3.8) is 0 Å². The molecule has 1 unspecified atom stereocenters. The van der Waals surface area contributed by atoms with Crippen LogP contribution in [0.15, 0.2) is 60.7 Å². The van der Waals surface area contributed by atoms with Gasteiger partial charge in [-0.05, 0) is 43.0 Å². The van der Waals surface area contributed by atoms with Crippen LogP contribution in [-0.2, 0) is 17.6 Å². The zero-order valence-electron chi connectivity index (χ0n) is 16.9. The number of benzene rings is 2. The molecular weight excluding hydrogens is 381 g/mol. The van der Waals surface area contributed by atoms with Gasteiger partial charge in [-0.15, -0.1) is 0 Å². The first-order chi connectivity index (χ1) is 14.7. The first kappa shape index (κ1) is 20.1. The lowest BCUT2D eigenvalue weighted by Crippen LogP contribution is -2.30. The molecule has 1 saturated heterocycles. The Kier molecular flexibility index (Phi) is 6.42. The number of aromatic nitrogens is 2. The van der Waals surface area contributed by atoms with Gasteiger partial charge in [-0.1, -0.05) is 42.5 Å². The number of aryl methyl sites for hydroxylation is 1. The minimum atomic E-state index is -0.363. The summed E-state index contributed by atoms with van der Waals surface area (Å²) in [5.41, 5.74) is 2.99. The lowest BCUT2D eigenvalue weighted by Gasteiger charge is -2.23. The molecule has 1 atom stereocenters. The Bertz CT molecular complexity index is 973. The van der Waals surface area contributed by atoms with Crippen LogP contribution in [0.3, 0.4) is 0 Å². The predicted molar refractivity (Wildman–Crippen MR) is 113 cm³/mol. The van der Waals surface area contributed by atoms with Crippen molar-refractivity contribution in [2.45, 2.75) is 38.1 Å². The highest BCUT2D eigenvalue weighted by atomic mass is 19.1. The third-order valence-electron chi connectivity index (χ3n) is 5.50. The highest BCUT2D eigenvalue weighted by molar-refractivity contribution is 5.77. The Morgan fingerprint density at radius 2 is 1.93 bits per heavy atom. The number of para-hydroxylation sites is 1. The second-order valence-electron chi connectivity index (χ2n) is 7.58. The number of H-pyrrole nitrogens is 1. The number of hydrogen-bond donors (Lipinski definition) is 1. The van der Waals surface area contributed by atoms with Gasteiger partial charge >= 0.3 is 0 Å². The topological polar surface area (TPSA) is 58.2 Å². The number of amides is 1. The maximum absolute atomic E-state index is 13.6. The monoisotopic (exact) mass is 407 g/mol. The number of carbonyl (C=O) groups is 1. The second-order valence-corrected chi connectivity index (χ2v) is 7.58. The van der Waals surface area contributed by atoms with Crippen molar-refractivity contribution < 1.29 is 13.9 Å². The van der Waals surface area contributed by atoms with Gasteiger partial charge in [-0.25, -0.2) is 4.39 Å². The van der Waals surface area contributed by atoms with Gasteiger partial charge in [0.25, 0.3) is 0 Å². The number of aromatic amines is 1. The van der Waals surface area contributed by atoms with Gasteiger partial charge in [-0.2, -0.15) is 5.10 Å². The maximum atomic E-state index is 13.6. The van der Waals surface area contributed by atoms with Crippen LogP contribution in [0.4, 0.5) is 4.39 Å². The Hall–Kier alpha value is -3.15. The zero-order chi connectivity index (χ0) is 20.8. The van der Waals surface area contributed by atoms with Crippen molar-refractivity contribution >= 4 is 5.91 Å². The normalized spacial score (nSPS) is 16.0. The van der Waals surface area contributed by atoms with E-state index in [-0.39, 0.29) is 23.5 Å². The van der Waals surface area contributed by atoms with Gasteiger partial charge in [0.05, 0.1) is 18.3 Å². The molecule has 0 spiro atoms. The molecule has 1 aliphatic heterocycles. The molecule has 1 fully saturated rings. The lowest BCUT2D eigenvalue weighted by atomic mass is 10.1. The summed E-state index contributed by atoms with van der Waals surface area (Å²) in [4.78, 5) is 14.8. The summed E-state index contributed by atoms with van der Waals surface area (Å²) in [5, 5.41) is 7.48. The molecule has 4 rings (SSSR count). The summed E-state index contributed by atoms with van der Waals surface area (Å²) in [5.74, 6) is 0.0652. The largest absolute Gasteiger partial charge is 0.490 e. The molecule has 3 aromatic rings. The summed E-state index contributed by atoms with van der Waals surface area (Å²) in [6.45, 7) is 1.13. The molecule has 156 valence electrons. The molecule has 5 nitrogen and oxygen atoms in total. The standard InChI is InChI=1S/C24H26FN3O2/c25-20-9-4-5-11-23(20)30-16-14-19-17-21(27-26-19)22-10-6-15-28(22)24(29)13-12-18-7-2-1-3-8-18/h1-5,7-9,11,17,22H,6,10,12-16H2,(H,26,27). The van der Waals surface area contributed by atoms with Crippen molar-refractivity contribution in [2.75, 3.05) is 13.2 Å². The summed E-state index contributed by atoms with van der Waals surface area (Å²) in [7, 11) is 0. The van der Waals surface area contributed by atoms with Crippen LogP contribution in [0, 0.1) is 5.82 Å². The molecular formula is C24H26FN3O2. The fourth-order valence-corrected chi connectivity index (χ4v) is 3.92. The molecule has 0 saturated carbocycles. The van der Waals surface area contributed by atoms with Crippen molar-refractivity contribution in [2.24, 2.45) is 0 Å². The Morgan fingerprint density at radius 3 is 2.77 bits per heavy atom. The van der Waals surface area contributed by atoms with Crippen molar-refractivity contribution in [1.82, 2.24) is 15.1 Å². The maximum Gasteiger partial charge on any atom is 0.223 e. The zero-order valence-corrected chi connectivity index (χ0v) is 16.9. The van der Waals surface area contributed by atoms with E-state index in [1.165, 1.54) is 11.6 Å². The third kappa shape index (κ3) is 4.87. The van der Waals surface area contributed by atoms with Crippen molar-refractivity contribution in [3.05, 3.63) is 83.4 Å². The first-order valence-corrected chi connectivity index (χ1v) is 10.5. The average Bonchev–Trinajstić information content (AvgIpc) is 3.43. The summed E-state index contributed by atoms with van der Waals surface area (Å²) in [6.07, 6.45) is 3.76. The van der Waals surface area contributed by atoms with Crippen LogP contribution in [0.5, 0.6) is 5.75 Å². The van der Waals surface area contributed by atoms with Gasteiger partial charge in [0.1, 0.15) is 0 Å². The molecule has 30 heavy (non-hydrogen) atoms. The predicted octanol–water partition coefficient (Wildman–Crippen LogP) is 4.47. The quantitative estimate of drug-likeness (QED) is 0.600. The van der Waals surface area contributed by atoms with Crippen LogP contribution < -0.4 is 4.74 Å². The molecule has 2 heterocycles. The van der Waals surface area contributed by atoms with E-state index in [4.69, 9.17) is 4.74 Å². The number of nitrogens with zero attached hydrogens (tertiary/aromatic N) is 2. The third-order valence-corrected chi connectivity index (χ3v) is 5.50. The van der Waals surface area contributed by atoms with Crippen molar-refractivity contribution in [1.29, 1.82) is 0 Å². The number of ether oxygens (including phenoxy) is 1.